The zero-order valence-corrected chi connectivity index (χ0v) is 14.7. The number of ether oxygens (including phenoxy) is 1. The quantitative estimate of drug-likeness (QED) is 0.860. The summed E-state index contributed by atoms with van der Waals surface area (Å²) in [6, 6.07) is 5.73. The largest absolute Gasteiger partial charge is 0.483 e. The minimum absolute atomic E-state index is 0. The summed E-state index contributed by atoms with van der Waals surface area (Å²) >= 11 is 5.92. The van der Waals surface area contributed by atoms with E-state index in [0.29, 0.717) is 16.8 Å². The molecule has 1 saturated heterocycles. The van der Waals surface area contributed by atoms with Crippen LogP contribution in [0.15, 0.2) is 18.2 Å². The van der Waals surface area contributed by atoms with Gasteiger partial charge in [-0.2, -0.15) is 0 Å². The molecular formula is C16H24Cl2N2O2. The topological polar surface area (TPSA) is 41.6 Å². The Kier molecular flexibility index (Phi) is 8.01. The molecule has 0 aliphatic carbocycles. The van der Waals surface area contributed by atoms with E-state index >= 15 is 0 Å². The van der Waals surface area contributed by atoms with E-state index in [1.165, 1.54) is 0 Å². The van der Waals surface area contributed by atoms with Crippen LogP contribution in [0.1, 0.15) is 25.3 Å². The van der Waals surface area contributed by atoms with Crippen molar-refractivity contribution in [2.75, 3.05) is 26.2 Å². The zero-order valence-electron chi connectivity index (χ0n) is 13.1. The lowest BCUT2D eigenvalue weighted by Crippen LogP contribution is -2.44. The van der Waals surface area contributed by atoms with Crippen molar-refractivity contribution in [3.8, 4) is 5.75 Å². The highest BCUT2D eigenvalue weighted by molar-refractivity contribution is 6.30. The predicted molar refractivity (Wildman–Crippen MR) is 92.2 cm³/mol. The molecule has 4 nitrogen and oxygen atoms in total. The zero-order chi connectivity index (χ0) is 15.2. The van der Waals surface area contributed by atoms with Gasteiger partial charge in [0, 0.05) is 24.2 Å². The molecule has 1 aliphatic heterocycles. The van der Waals surface area contributed by atoms with E-state index < -0.39 is 0 Å². The fourth-order valence-corrected chi connectivity index (χ4v) is 2.88. The molecule has 1 aromatic carbocycles. The summed E-state index contributed by atoms with van der Waals surface area (Å²) in [6.45, 7) is 6.75. The molecule has 2 rings (SSSR count). The van der Waals surface area contributed by atoms with Gasteiger partial charge in [0.2, 0.25) is 0 Å². The third kappa shape index (κ3) is 5.04. The summed E-state index contributed by atoms with van der Waals surface area (Å²) in [6.07, 6.45) is 1.98. The number of hydrogen-bond donors (Lipinski definition) is 1. The lowest BCUT2D eigenvalue weighted by molar-refractivity contribution is -0.135. The first kappa shape index (κ1) is 19.1. The number of aryl methyl sites for hydroxylation is 1. The van der Waals surface area contributed by atoms with E-state index in [0.717, 1.165) is 38.0 Å². The highest BCUT2D eigenvalue weighted by Crippen LogP contribution is 2.22. The third-order valence-electron chi connectivity index (χ3n) is 3.75. The van der Waals surface area contributed by atoms with E-state index in [4.69, 9.17) is 16.3 Å². The van der Waals surface area contributed by atoms with Gasteiger partial charge in [-0.25, -0.2) is 0 Å². The lowest BCUT2D eigenvalue weighted by atomic mass is 10.2. The van der Waals surface area contributed by atoms with Crippen LogP contribution in [0.2, 0.25) is 5.02 Å². The Morgan fingerprint density at radius 1 is 1.50 bits per heavy atom. The Labute approximate surface area is 143 Å². The Bertz CT molecular complexity index is 491. The maximum absolute atomic E-state index is 12.4. The van der Waals surface area contributed by atoms with Gasteiger partial charge in [-0.05, 0) is 50.1 Å². The smallest absolute Gasteiger partial charge is 0.260 e. The number of halogens is 2. The first-order valence-electron chi connectivity index (χ1n) is 7.51. The SMILES string of the molecule is CCCN(C(=O)COc1ccc(Cl)cc1C)C1CCNC1.Cl. The Balaban J connectivity index is 0.00000242. The second kappa shape index (κ2) is 9.23. The van der Waals surface area contributed by atoms with Crippen LogP contribution in [-0.4, -0.2) is 43.1 Å². The van der Waals surface area contributed by atoms with Crippen molar-refractivity contribution in [3.63, 3.8) is 0 Å². The lowest BCUT2D eigenvalue weighted by Gasteiger charge is -2.28. The molecule has 0 spiro atoms. The summed E-state index contributed by atoms with van der Waals surface area (Å²) in [5.41, 5.74) is 0.944. The summed E-state index contributed by atoms with van der Waals surface area (Å²) in [4.78, 5) is 14.4. The molecule has 1 unspecified atom stereocenters. The molecule has 1 aliphatic rings. The number of carbonyl (C=O) groups is 1. The van der Waals surface area contributed by atoms with Crippen molar-refractivity contribution < 1.29 is 9.53 Å². The molecule has 6 heteroatoms. The van der Waals surface area contributed by atoms with E-state index in [1.54, 1.807) is 6.07 Å². The van der Waals surface area contributed by atoms with Gasteiger partial charge >= 0.3 is 0 Å². The molecule has 0 bridgehead atoms. The van der Waals surface area contributed by atoms with Gasteiger partial charge in [0.05, 0.1) is 0 Å². The maximum atomic E-state index is 12.4. The molecule has 0 radical (unpaired) electrons. The molecule has 1 heterocycles. The summed E-state index contributed by atoms with van der Waals surface area (Å²) in [7, 11) is 0. The van der Waals surface area contributed by atoms with Gasteiger partial charge in [-0.1, -0.05) is 18.5 Å². The van der Waals surface area contributed by atoms with Crippen molar-refractivity contribution in [2.24, 2.45) is 0 Å². The van der Waals surface area contributed by atoms with Crippen LogP contribution in [0, 0.1) is 6.92 Å². The molecule has 0 saturated carbocycles. The van der Waals surface area contributed by atoms with Crippen LogP contribution < -0.4 is 10.1 Å². The van der Waals surface area contributed by atoms with Crippen LogP contribution in [0.3, 0.4) is 0 Å². The van der Waals surface area contributed by atoms with Gasteiger partial charge in [0.25, 0.3) is 5.91 Å². The predicted octanol–water partition coefficient (Wildman–Crippen LogP) is 3.05. The Hall–Kier alpha value is -0.970. The van der Waals surface area contributed by atoms with Crippen molar-refractivity contribution in [2.45, 2.75) is 32.7 Å². The van der Waals surface area contributed by atoms with Crippen molar-refractivity contribution in [1.29, 1.82) is 0 Å². The molecule has 22 heavy (non-hydrogen) atoms. The van der Waals surface area contributed by atoms with Crippen LogP contribution in [0.4, 0.5) is 0 Å². The average molecular weight is 347 g/mol. The van der Waals surface area contributed by atoms with Gasteiger partial charge in [0.15, 0.2) is 6.61 Å². The van der Waals surface area contributed by atoms with Crippen molar-refractivity contribution in [3.05, 3.63) is 28.8 Å². The van der Waals surface area contributed by atoms with Crippen molar-refractivity contribution in [1.82, 2.24) is 10.2 Å². The second-order valence-corrected chi connectivity index (χ2v) is 5.87. The fourth-order valence-electron chi connectivity index (χ4n) is 2.65. The van der Waals surface area contributed by atoms with Gasteiger partial charge < -0.3 is 15.0 Å². The minimum atomic E-state index is 0. The monoisotopic (exact) mass is 346 g/mol. The van der Waals surface area contributed by atoms with Gasteiger partial charge in [-0.3, -0.25) is 4.79 Å². The number of amides is 1. The number of rotatable bonds is 6. The maximum Gasteiger partial charge on any atom is 0.260 e. The molecule has 1 amide bonds. The van der Waals surface area contributed by atoms with Gasteiger partial charge in [0.1, 0.15) is 5.75 Å². The molecule has 1 N–H and O–H groups in total. The fraction of sp³-hybridized carbons (Fsp3) is 0.562. The van der Waals surface area contributed by atoms with Crippen LogP contribution in [0.25, 0.3) is 0 Å². The van der Waals surface area contributed by atoms with E-state index in [1.807, 2.05) is 24.0 Å². The van der Waals surface area contributed by atoms with Crippen molar-refractivity contribution >= 4 is 29.9 Å². The average Bonchev–Trinajstić information content (AvgIpc) is 2.97. The second-order valence-electron chi connectivity index (χ2n) is 5.43. The first-order valence-corrected chi connectivity index (χ1v) is 7.88. The highest BCUT2D eigenvalue weighted by Gasteiger charge is 2.26. The molecule has 1 fully saturated rings. The third-order valence-corrected chi connectivity index (χ3v) is 3.98. The van der Waals surface area contributed by atoms with E-state index in [9.17, 15) is 4.79 Å². The normalized spacial score (nSPS) is 17.0. The van der Waals surface area contributed by atoms with E-state index in [2.05, 4.69) is 12.2 Å². The van der Waals surface area contributed by atoms with E-state index in [-0.39, 0.29) is 24.9 Å². The number of benzene rings is 1. The van der Waals surface area contributed by atoms with Crippen LogP contribution >= 0.6 is 24.0 Å². The summed E-state index contributed by atoms with van der Waals surface area (Å²) < 4.78 is 5.67. The standard InChI is InChI=1S/C16H23ClN2O2.ClH/c1-3-8-19(14-6-7-18-10-14)16(20)11-21-15-5-4-13(17)9-12(15)2;/h4-5,9,14,18H,3,6-8,10-11H2,1-2H3;1H. The molecular weight excluding hydrogens is 323 g/mol. The molecule has 1 atom stereocenters. The first-order chi connectivity index (χ1) is 10.1. The summed E-state index contributed by atoms with van der Waals surface area (Å²) in [5.74, 6) is 0.772. The Morgan fingerprint density at radius 3 is 2.86 bits per heavy atom. The highest BCUT2D eigenvalue weighted by atomic mass is 35.5. The number of nitrogens with one attached hydrogen (secondary N) is 1. The molecule has 124 valence electrons. The summed E-state index contributed by atoms with van der Waals surface area (Å²) in [5, 5.41) is 3.98. The number of carbonyl (C=O) groups excluding carboxylic acids is 1. The van der Waals surface area contributed by atoms with Gasteiger partial charge in [-0.15, -0.1) is 12.4 Å². The molecule has 0 aromatic heterocycles. The number of hydrogen-bond acceptors (Lipinski definition) is 3. The molecule has 1 aromatic rings. The minimum Gasteiger partial charge on any atom is -0.483 e. The van der Waals surface area contributed by atoms with Crippen LogP contribution in [0.5, 0.6) is 5.75 Å². The number of nitrogens with zero attached hydrogens (tertiary/aromatic N) is 1. The van der Waals surface area contributed by atoms with Crippen LogP contribution in [-0.2, 0) is 4.79 Å². The Morgan fingerprint density at radius 2 is 2.27 bits per heavy atom.